The zero-order valence-electron chi connectivity index (χ0n) is 16.4. The van der Waals surface area contributed by atoms with E-state index >= 15 is 0 Å². The molecular formula is C20H14N4O6S2. The first-order valence-electron chi connectivity index (χ1n) is 9.03. The van der Waals surface area contributed by atoms with E-state index in [1.165, 1.54) is 29.0 Å². The highest BCUT2D eigenvalue weighted by molar-refractivity contribution is 8.19. The maximum atomic E-state index is 12.6. The highest BCUT2D eigenvalue weighted by Gasteiger charge is 2.41. The number of para-hydroxylation sites is 1. The number of imide groups is 1. The van der Waals surface area contributed by atoms with Gasteiger partial charge in [0.2, 0.25) is 10.0 Å². The second-order valence-electron chi connectivity index (χ2n) is 6.73. The van der Waals surface area contributed by atoms with Gasteiger partial charge in [0.25, 0.3) is 11.6 Å². The number of hydrogen-bond acceptors (Lipinski definition) is 8. The van der Waals surface area contributed by atoms with Gasteiger partial charge in [0.05, 0.1) is 21.8 Å². The van der Waals surface area contributed by atoms with Gasteiger partial charge in [-0.25, -0.2) is 13.1 Å². The Morgan fingerprint density at radius 3 is 2.44 bits per heavy atom. The number of aromatic nitrogens is 2. The number of nitro benzene ring substituents is 1. The molecule has 10 nitrogen and oxygen atoms in total. The molecule has 1 saturated heterocycles. The zero-order chi connectivity index (χ0) is 23.0. The molecule has 32 heavy (non-hydrogen) atoms. The molecule has 0 aliphatic carbocycles. The van der Waals surface area contributed by atoms with Gasteiger partial charge in [-0.3, -0.25) is 19.7 Å². The fraction of sp³-hybridized carbons (Fsp3) is 0.0500. The van der Waals surface area contributed by atoms with Gasteiger partial charge in [-0.2, -0.15) is 9.40 Å². The minimum atomic E-state index is -4.06. The summed E-state index contributed by atoms with van der Waals surface area (Å²) >= 11 is 0.495. The predicted molar refractivity (Wildman–Crippen MR) is 118 cm³/mol. The van der Waals surface area contributed by atoms with Gasteiger partial charge >= 0.3 is 5.24 Å². The second kappa shape index (κ2) is 8.05. The molecule has 0 atom stereocenters. The number of amides is 2. The van der Waals surface area contributed by atoms with Crippen LogP contribution in [0, 0.1) is 10.1 Å². The van der Waals surface area contributed by atoms with Crippen molar-refractivity contribution in [2.45, 2.75) is 0 Å². The van der Waals surface area contributed by atoms with Crippen molar-refractivity contribution < 1.29 is 22.9 Å². The van der Waals surface area contributed by atoms with Crippen molar-refractivity contribution in [2.75, 3.05) is 6.26 Å². The summed E-state index contributed by atoms with van der Waals surface area (Å²) in [4.78, 5) is 35.2. The molecule has 0 saturated carbocycles. The van der Waals surface area contributed by atoms with Gasteiger partial charge in [0.1, 0.15) is 5.69 Å². The highest BCUT2D eigenvalue weighted by atomic mass is 32.2. The molecule has 4 rings (SSSR count). The summed E-state index contributed by atoms with van der Waals surface area (Å²) in [6, 6.07) is 14.9. The number of non-ortho nitro benzene ring substituents is 1. The van der Waals surface area contributed by atoms with Gasteiger partial charge in [-0.15, -0.1) is 0 Å². The summed E-state index contributed by atoms with van der Waals surface area (Å²) in [6.07, 6.45) is 3.73. The van der Waals surface area contributed by atoms with Gasteiger partial charge in [0, 0.05) is 29.5 Å². The van der Waals surface area contributed by atoms with Crippen LogP contribution in [-0.2, 0) is 14.8 Å². The summed E-state index contributed by atoms with van der Waals surface area (Å²) in [5.74, 6) is -0.958. The maximum absolute atomic E-state index is 12.6. The number of hydrogen-bond donors (Lipinski definition) is 0. The number of benzene rings is 2. The molecule has 1 aliphatic rings. The zero-order valence-corrected chi connectivity index (χ0v) is 18.0. The monoisotopic (exact) mass is 470 g/mol. The van der Waals surface area contributed by atoms with E-state index in [4.69, 9.17) is 0 Å². The Bertz CT molecular complexity index is 1400. The molecule has 3 aromatic rings. The number of nitro groups is 1. The first-order valence-corrected chi connectivity index (χ1v) is 11.7. The summed E-state index contributed by atoms with van der Waals surface area (Å²) in [6.45, 7) is 0. The number of nitrogens with zero attached hydrogens (tertiary/aromatic N) is 4. The Kier molecular flexibility index (Phi) is 5.40. The van der Waals surface area contributed by atoms with Crippen molar-refractivity contribution in [1.82, 2.24) is 14.1 Å². The largest absolute Gasteiger partial charge is 0.307 e. The van der Waals surface area contributed by atoms with Crippen molar-refractivity contribution in [3.05, 3.63) is 81.4 Å². The van der Waals surface area contributed by atoms with Crippen molar-refractivity contribution in [2.24, 2.45) is 0 Å². The minimum absolute atomic E-state index is 0.0975. The quantitative estimate of drug-likeness (QED) is 0.315. The van der Waals surface area contributed by atoms with E-state index in [0.29, 0.717) is 34.3 Å². The SMILES string of the molecule is CS(=O)(=O)N1C(=O)S/C(=C\c2cn(-c3ccccc3)nc2-c2cccc([N+](=O)[O-])c2)C1=O. The lowest BCUT2D eigenvalue weighted by Gasteiger charge is -2.07. The standard InChI is InChI=1S/C20H14N4O6S2/c1-32(29,30)23-19(25)17(31-20(23)26)11-14-12-22(15-7-3-2-4-8-15)21-18(14)13-6-5-9-16(10-13)24(27)28/h2-12H,1H3/b17-11-. The Labute approximate surface area is 186 Å². The predicted octanol–water partition coefficient (Wildman–Crippen LogP) is 3.44. The van der Waals surface area contributed by atoms with Crippen LogP contribution in [0.1, 0.15) is 5.56 Å². The normalized spacial score (nSPS) is 15.5. The first-order chi connectivity index (χ1) is 15.1. The van der Waals surface area contributed by atoms with E-state index in [-0.39, 0.29) is 14.9 Å². The van der Waals surface area contributed by atoms with E-state index in [2.05, 4.69) is 5.10 Å². The van der Waals surface area contributed by atoms with E-state index in [1.54, 1.807) is 36.5 Å². The van der Waals surface area contributed by atoms with Crippen LogP contribution in [0.25, 0.3) is 23.0 Å². The third-order valence-corrected chi connectivity index (χ3v) is 6.45. The van der Waals surface area contributed by atoms with Crippen LogP contribution in [0.3, 0.4) is 0 Å². The second-order valence-corrected chi connectivity index (χ2v) is 9.55. The Morgan fingerprint density at radius 2 is 1.81 bits per heavy atom. The molecule has 0 radical (unpaired) electrons. The third-order valence-electron chi connectivity index (χ3n) is 4.47. The third kappa shape index (κ3) is 4.05. The highest BCUT2D eigenvalue weighted by Crippen LogP contribution is 2.36. The lowest BCUT2D eigenvalue weighted by molar-refractivity contribution is -0.384. The van der Waals surface area contributed by atoms with E-state index in [0.717, 1.165) is 6.26 Å². The average Bonchev–Trinajstić information content (AvgIpc) is 3.29. The van der Waals surface area contributed by atoms with E-state index in [9.17, 15) is 28.1 Å². The van der Waals surface area contributed by atoms with Crippen molar-refractivity contribution in [1.29, 1.82) is 0 Å². The van der Waals surface area contributed by atoms with Crippen molar-refractivity contribution in [3.8, 4) is 16.9 Å². The molecule has 1 fully saturated rings. The van der Waals surface area contributed by atoms with Crippen LogP contribution >= 0.6 is 11.8 Å². The minimum Gasteiger partial charge on any atom is -0.267 e. The average molecular weight is 470 g/mol. The lowest BCUT2D eigenvalue weighted by Crippen LogP contribution is -2.33. The summed E-state index contributed by atoms with van der Waals surface area (Å²) < 4.78 is 25.3. The first kappa shape index (κ1) is 21.5. The number of thioether (sulfide) groups is 1. The summed E-state index contributed by atoms with van der Waals surface area (Å²) in [5.41, 5.74) is 1.68. The number of rotatable bonds is 5. The fourth-order valence-corrected chi connectivity index (χ4v) is 5.04. The van der Waals surface area contributed by atoms with Crippen LogP contribution in [0.5, 0.6) is 0 Å². The van der Waals surface area contributed by atoms with Crippen LogP contribution < -0.4 is 0 Å². The molecule has 2 aromatic carbocycles. The van der Waals surface area contributed by atoms with Crippen LogP contribution in [0.4, 0.5) is 10.5 Å². The van der Waals surface area contributed by atoms with Gasteiger partial charge < -0.3 is 0 Å². The molecule has 0 N–H and O–H groups in total. The van der Waals surface area contributed by atoms with Crippen LogP contribution in [0.2, 0.25) is 0 Å². The van der Waals surface area contributed by atoms with Crippen LogP contribution in [0.15, 0.2) is 65.7 Å². The molecule has 1 aliphatic heterocycles. The number of carbonyl (C=O) groups is 2. The van der Waals surface area contributed by atoms with E-state index < -0.39 is 26.1 Å². The molecule has 0 unspecified atom stereocenters. The number of carbonyl (C=O) groups excluding carboxylic acids is 2. The lowest BCUT2D eigenvalue weighted by atomic mass is 10.1. The Morgan fingerprint density at radius 1 is 1.09 bits per heavy atom. The van der Waals surface area contributed by atoms with Crippen LogP contribution in [-0.4, -0.2) is 44.8 Å². The Balaban J connectivity index is 1.86. The molecule has 2 heterocycles. The fourth-order valence-electron chi connectivity index (χ4n) is 3.08. The van der Waals surface area contributed by atoms with Gasteiger partial charge in [0.15, 0.2) is 0 Å². The molecular weight excluding hydrogens is 456 g/mol. The molecule has 2 amide bonds. The molecule has 0 bridgehead atoms. The van der Waals surface area contributed by atoms with Crippen molar-refractivity contribution >= 4 is 44.7 Å². The molecule has 162 valence electrons. The van der Waals surface area contributed by atoms with Crippen molar-refractivity contribution in [3.63, 3.8) is 0 Å². The molecule has 0 spiro atoms. The molecule has 1 aromatic heterocycles. The van der Waals surface area contributed by atoms with Gasteiger partial charge in [-0.1, -0.05) is 30.3 Å². The maximum Gasteiger partial charge on any atom is 0.307 e. The smallest absolute Gasteiger partial charge is 0.267 e. The van der Waals surface area contributed by atoms with Gasteiger partial charge in [-0.05, 0) is 30.0 Å². The summed E-state index contributed by atoms with van der Waals surface area (Å²) in [7, 11) is -4.06. The Hall–Kier alpha value is -3.77. The number of sulfonamides is 1. The molecule has 12 heteroatoms. The topological polar surface area (TPSA) is 132 Å². The van der Waals surface area contributed by atoms with E-state index in [1.807, 2.05) is 6.07 Å². The summed E-state index contributed by atoms with van der Waals surface area (Å²) in [5, 5.41) is 14.8.